The lowest BCUT2D eigenvalue weighted by Crippen LogP contribution is -2.13. The van der Waals surface area contributed by atoms with E-state index in [0.717, 1.165) is 36.1 Å². The van der Waals surface area contributed by atoms with Gasteiger partial charge >= 0.3 is 5.97 Å². The van der Waals surface area contributed by atoms with E-state index in [1.807, 2.05) is 42.6 Å². The van der Waals surface area contributed by atoms with Crippen LogP contribution < -0.4 is 10.1 Å². The first-order chi connectivity index (χ1) is 14.0. The second-order valence-electron chi connectivity index (χ2n) is 6.93. The second-order valence-corrected chi connectivity index (χ2v) is 8.94. The van der Waals surface area contributed by atoms with Gasteiger partial charge in [0.25, 0.3) is 5.91 Å². The largest absolute Gasteiger partial charge is 0.489 e. The molecule has 1 amide bonds. The van der Waals surface area contributed by atoms with Crippen LogP contribution in [-0.4, -0.2) is 19.0 Å². The van der Waals surface area contributed by atoms with Gasteiger partial charge in [0, 0.05) is 10.4 Å². The van der Waals surface area contributed by atoms with E-state index in [9.17, 15) is 9.59 Å². The Hall–Kier alpha value is -2.64. The Morgan fingerprint density at radius 1 is 1.17 bits per heavy atom. The molecule has 0 aliphatic heterocycles. The van der Waals surface area contributed by atoms with Gasteiger partial charge in [0.05, 0.1) is 17.6 Å². The standard InChI is InChI=1S/C22H21NO4S2/c1-13-6-8-15(9-7-13)27-11-14-10-18(28-12-14)20(24)23-21-19(22(25)26-2)16-4-3-5-17(16)29-21/h6-10,12H,3-5,11H2,1-2H3,(H,23,24). The van der Waals surface area contributed by atoms with Crippen molar-refractivity contribution in [1.29, 1.82) is 0 Å². The van der Waals surface area contributed by atoms with Gasteiger partial charge in [-0.2, -0.15) is 0 Å². The van der Waals surface area contributed by atoms with E-state index in [1.165, 1.54) is 40.2 Å². The molecule has 4 rings (SSSR count). The third-order valence-electron chi connectivity index (χ3n) is 4.84. The number of anilines is 1. The average molecular weight is 428 g/mol. The average Bonchev–Trinajstić information content (AvgIpc) is 3.43. The third kappa shape index (κ3) is 4.21. The molecule has 0 radical (unpaired) electrons. The summed E-state index contributed by atoms with van der Waals surface area (Å²) < 4.78 is 10.7. The zero-order valence-electron chi connectivity index (χ0n) is 16.2. The normalized spacial score (nSPS) is 12.5. The monoisotopic (exact) mass is 427 g/mol. The third-order valence-corrected chi connectivity index (χ3v) is 7.03. The lowest BCUT2D eigenvalue weighted by Gasteiger charge is -2.06. The molecular weight excluding hydrogens is 406 g/mol. The fourth-order valence-corrected chi connectivity index (χ4v) is 5.41. The maximum atomic E-state index is 12.7. The quantitative estimate of drug-likeness (QED) is 0.548. The first-order valence-electron chi connectivity index (χ1n) is 9.36. The van der Waals surface area contributed by atoms with E-state index in [0.29, 0.717) is 22.0 Å². The van der Waals surface area contributed by atoms with Crippen molar-refractivity contribution in [2.75, 3.05) is 12.4 Å². The molecule has 29 heavy (non-hydrogen) atoms. The number of nitrogens with one attached hydrogen (secondary N) is 1. The number of rotatable bonds is 6. The SMILES string of the molecule is COC(=O)c1c(NC(=O)c2cc(COc3ccc(C)cc3)cs2)sc2c1CCC2. The zero-order valence-corrected chi connectivity index (χ0v) is 17.9. The molecule has 3 aromatic rings. The summed E-state index contributed by atoms with van der Waals surface area (Å²) in [5, 5.41) is 5.41. The summed E-state index contributed by atoms with van der Waals surface area (Å²) in [5.74, 6) is 0.184. The van der Waals surface area contributed by atoms with Gasteiger partial charge in [-0.05, 0) is 55.3 Å². The van der Waals surface area contributed by atoms with Crippen molar-refractivity contribution in [3.8, 4) is 5.75 Å². The summed E-state index contributed by atoms with van der Waals surface area (Å²) >= 11 is 2.84. The lowest BCUT2D eigenvalue weighted by molar-refractivity contribution is 0.0601. The molecule has 1 aromatic carbocycles. The predicted molar refractivity (Wildman–Crippen MR) is 115 cm³/mol. The Kier molecular flexibility index (Phi) is 5.69. The number of methoxy groups -OCH3 is 1. The second kappa shape index (κ2) is 8.39. The number of hydrogen-bond donors (Lipinski definition) is 1. The number of amides is 1. The van der Waals surface area contributed by atoms with Crippen molar-refractivity contribution in [1.82, 2.24) is 0 Å². The molecule has 150 valence electrons. The van der Waals surface area contributed by atoms with Crippen molar-refractivity contribution in [2.24, 2.45) is 0 Å². The zero-order chi connectivity index (χ0) is 20.4. The Morgan fingerprint density at radius 3 is 2.72 bits per heavy atom. The van der Waals surface area contributed by atoms with Gasteiger partial charge in [-0.15, -0.1) is 22.7 Å². The van der Waals surface area contributed by atoms with Crippen molar-refractivity contribution in [2.45, 2.75) is 32.8 Å². The Bertz CT molecular complexity index is 1050. The van der Waals surface area contributed by atoms with Gasteiger partial charge in [-0.1, -0.05) is 17.7 Å². The molecule has 1 aliphatic carbocycles. The Morgan fingerprint density at radius 2 is 1.97 bits per heavy atom. The van der Waals surface area contributed by atoms with Crippen LogP contribution in [0.15, 0.2) is 35.7 Å². The number of carbonyl (C=O) groups is 2. The smallest absolute Gasteiger partial charge is 0.341 e. The minimum absolute atomic E-state index is 0.221. The molecular formula is C22H21NO4S2. The van der Waals surface area contributed by atoms with Crippen LogP contribution in [0.25, 0.3) is 0 Å². The molecule has 2 heterocycles. The molecule has 2 aromatic heterocycles. The summed E-state index contributed by atoms with van der Waals surface area (Å²) in [5.41, 5.74) is 3.65. The molecule has 0 bridgehead atoms. The first kappa shape index (κ1) is 19.7. The van der Waals surface area contributed by atoms with Gasteiger partial charge in [-0.3, -0.25) is 4.79 Å². The van der Waals surface area contributed by atoms with Crippen molar-refractivity contribution >= 4 is 39.6 Å². The fraction of sp³-hybridized carbons (Fsp3) is 0.273. The highest BCUT2D eigenvalue weighted by atomic mass is 32.1. The van der Waals surface area contributed by atoms with Gasteiger partial charge in [0.2, 0.25) is 0 Å². The highest BCUT2D eigenvalue weighted by Crippen LogP contribution is 2.39. The maximum absolute atomic E-state index is 12.7. The number of ether oxygens (including phenoxy) is 2. The number of aryl methyl sites for hydroxylation is 2. The van der Waals surface area contributed by atoms with Crippen LogP contribution in [0.1, 0.15) is 48.0 Å². The maximum Gasteiger partial charge on any atom is 0.341 e. The highest BCUT2D eigenvalue weighted by molar-refractivity contribution is 7.17. The number of benzene rings is 1. The van der Waals surface area contributed by atoms with E-state index in [2.05, 4.69) is 5.32 Å². The van der Waals surface area contributed by atoms with Gasteiger partial charge < -0.3 is 14.8 Å². The molecule has 0 saturated heterocycles. The fourth-order valence-electron chi connectivity index (χ4n) is 3.35. The van der Waals surface area contributed by atoms with Crippen LogP contribution in [-0.2, 0) is 24.2 Å². The van der Waals surface area contributed by atoms with Gasteiger partial charge in [0.15, 0.2) is 0 Å². The number of fused-ring (bicyclic) bond motifs is 1. The summed E-state index contributed by atoms with van der Waals surface area (Å²) in [4.78, 5) is 26.7. The Balaban J connectivity index is 1.45. The lowest BCUT2D eigenvalue weighted by atomic mass is 10.1. The van der Waals surface area contributed by atoms with Crippen LogP contribution in [0.5, 0.6) is 5.75 Å². The molecule has 0 atom stereocenters. The minimum Gasteiger partial charge on any atom is -0.489 e. The number of carbonyl (C=O) groups excluding carboxylic acids is 2. The first-order valence-corrected chi connectivity index (χ1v) is 11.1. The number of esters is 1. The van der Waals surface area contributed by atoms with Crippen molar-refractivity contribution in [3.05, 3.63) is 67.7 Å². The van der Waals surface area contributed by atoms with E-state index >= 15 is 0 Å². The molecule has 7 heteroatoms. The number of thiophene rings is 2. The molecule has 1 aliphatic rings. The Labute approximate surface area is 177 Å². The summed E-state index contributed by atoms with van der Waals surface area (Å²) in [6.45, 7) is 2.43. The van der Waals surface area contributed by atoms with Crippen molar-refractivity contribution in [3.63, 3.8) is 0 Å². The van der Waals surface area contributed by atoms with Crippen LogP contribution in [0.4, 0.5) is 5.00 Å². The van der Waals surface area contributed by atoms with Crippen LogP contribution in [0.2, 0.25) is 0 Å². The van der Waals surface area contributed by atoms with Gasteiger partial charge in [0.1, 0.15) is 17.4 Å². The number of hydrogen-bond acceptors (Lipinski definition) is 6. The highest BCUT2D eigenvalue weighted by Gasteiger charge is 2.28. The minimum atomic E-state index is -0.391. The van der Waals surface area contributed by atoms with E-state index in [1.54, 1.807) is 0 Å². The summed E-state index contributed by atoms with van der Waals surface area (Å²) in [7, 11) is 1.37. The van der Waals surface area contributed by atoms with Gasteiger partial charge in [-0.25, -0.2) is 4.79 Å². The summed E-state index contributed by atoms with van der Waals surface area (Å²) in [6, 6.07) is 9.69. The van der Waals surface area contributed by atoms with E-state index < -0.39 is 5.97 Å². The predicted octanol–water partition coefficient (Wildman–Crippen LogP) is 5.22. The molecule has 0 spiro atoms. The van der Waals surface area contributed by atoms with Crippen LogP contribution in [0.3, 0.4) is 0 Å². The molecule has 1 N–H and O–H groups in total. The molecule has 0 saturated carbocycles. The summed E-state index contributed by atoms with van der Waals surface area (Å²) in [6.07, 6.45) is 2.83. The van der Waals surface area contributed by atoms with E-state index in [4.69, 9.17) is 9.47 Å². The molecule has 5 nitrogen and oxygen atoms in total. The van der Waals surface area contributed by atoms with Crippen LogP contribution in [0, 0.1) is 6.92 Å². The molecule has 0 fully saturated rings. The van der Waals surface area contributed by atoms with Crippen LogP contribution >= 0.6 is 22.7 Å². The van der Waals surface area contributed by atoms with E-state index in [-0.39, 0.29) is 5.91 Å². The topological polar surface area (TPSA) is 64.6 Å². The van der Waals surface area contributed by atoms with Crippen molar-refractivity contribution < 1.29 is 19.1 Å². The molecule has 0 unspecified atom stereocenters.